The molecule has 2 rings (SSSR count). The number of aromatic nitrogens is 1. The van der Waals surface area contributed by atoms with Crippen LogP contribution in [0.3, 0.4) is 0 Å². The van der Waals surface area contributed by atoms with E-state index in [1.54, 1.807) is 11.3 Å². The van der Waals surface area contributed by atoms with Gasteiger partial charge in [-0.05, 0) is 32.0 Å². The zero-order valence-corrected chi connectivity index (χ0v) is 12.8. The van der Waals surface area contributed by atoms with Gasteiger partial charge in [0.05, 0.1) is 16.7 Å². The summed E-state index contributed by atoms with van der Waals surface area (Å²) in [6, 6.07) is 4.85. The van der Waals surface area contributed by atoms with Gasteiger partial charge in [0.2, 0.25) is 0 Å². The van der Waals surface area contributed by atoms with Crippen LogP contribution in [-0.2, 0) is 12.8 Å². The number of rotatable bonds is 6. The molecule has 0 amide bonds. The van der Waals surface area contributed by atoms with E-state index in [0.717, 1.165) is 24.4 Å². The minimum Gasteiger partial charge on any atom is -0.309 e. The molecule has 2 aromatic heterocycles. The van der Waals surface area contributed by atoms with Crippen molar-refractivity contribution in [2.75, 3.05) is 6.54 Å². The standard InChI is InChI=1S/C14H20N2S2/c1-4-11-6-7-12(18-11)8-13(15-5-2)14-9-17-10(3)16-14/h6-7,9,13,15H,4-5,8H2,1-3H3. The Hall–Kier alpha value is -0.710. The molecule has 2 aromatic rings. The Labute approximate surface area is 117 Å². The summed E-state index contributed by atoms with van der Waals surface area (Å²) < 4.78 is 0. The summed E-state index contributed by atoms with van der Waals surface area (Å²) in [4.78, 5) is 7.53. The van der Waals surface area contributed by atoms with Crippen LogP contribution in [0.15, 0.2) is 17.5 Å². The van der Waals surface area contributed by atoms with Gasteiger partial charge >= 0.3 is 0 Å². The van der Waals surface area contributed by atoms with Crippen LogP contribution in [0.4, 0.5) is 0 Å². The number of hydrogen-bond donors (Lipinski definition) is 1. The molecule has 1 atom stereocenters. The highest BCUT2D eigenvalue weighted by molar-refractivity contribution is 7.12. The van der Waals surface area contributed by atoms with Crippen molar-refractivity contribution in [3.63, 3.8) is 0 Å². The summed E-state index contributed by atoms with van der Waals surface area (Å²) >= 11 is 3.66. The predicted octanol–water partition coefficient (Wildman–Crippen LogP) is 3.97. The van der Waals surface area contributed by atoms with E-state index < -0.39 is 0 Å². The second-order valence-electron chi connectivity index (χ2n) is 4.33. The van der Waals surface area contributed by atoms with Crippen molar-refractivity contribution in [1.29, 1.82) is 0 Å². The van der Waals surface area contributed by atoms with Gasteiger partial charge in [-0.2, -0.15) is 0 Å². The number of likely N-dealkylation sites (N-methyl/N-ethyl adjacent to an activating group) is 1. The number of nitrogens with zero attached hydrogens (tertiary/aromatic N) is 1. The third-order valence-corrected chi connectivity index (χ3v) is 4.96. The van der Waals surface area contributed by atoms with Crippen LogP contribution >= 0.6 is 22.7 Å². The van der Waals surface area contributed by atoms with E-state index in [9.17, 15) is 0 Å². The lowest BCUT2D eigenvalue weighted by atomic mass is 10.1. The third kappa shape index (κ3) is 3.40. The van der Waals surface area contributed by atoms with Crippen molar-refractivity contribution in [2.24, 2.45) is 0 Å². The van der Waals surface area contributed by atoms with Crippen LogP contribution in [0, 0.1) is 6.92 Å². The molecule has 0 aliphatic carbocycles. The maximum Gasteiger partial charge on any atom is 0.0898 e. The zero-order valence-electron chi connectivity index (χ0n) is 11.2. The molecule has 0 spiro atoms. The van der Waals surface area contributed by atoms with Crippen molar-refractivity contribution >= 4 is 22.7 Å². The number of thiophene rings is 1. The van der Waals surface area contributed by atoms with Crippen molar-refractivity contribution in [3.8, 4) is 0 Å². The maximum atomic E-state index is 4.61. The van der Waals surface area contributed by atoms with Crippen molar-refractivity contribution in [3.05, 3.63) is 38.0 Å². The smallest absolute Gasteiger partial charge is 0.0898 e. The molecule has 0 saturated carbocycles. The normalized spacial score (nSPS) is 12.8. The molecule has 98 valence electrons. The second kappa shape index (κ2) is 6.45. The van der Waals surface area contributed by atoms with E-state index in [2.05, 4.69) is 48.6 Å². The van der Waals surface area contributed by atoms with E-state index in [4.69, 9.17) is 0 Å². The summed E-state index contributed by atoms with van der Waals surface area (Å²) in [6.07, 6.45) is 2.17. The first-order chi connectivity index (χ1) is 8.72. The van der Waals surface area contributed by atoms with Gasteiger partial charge in [-0.25, -0.2) is 4.98 Å². The summed E-state index contributed by atoms with van der Waals surface area (Å²) in [5.74, 6) is 0. The molecule has 0 radical (unpaired) electrons. The Balaban J connectivity index is 2.10. The van der Waals surface area contributed by atoms with Gasteiger partial charge in [0.15, 0.2) is 0 Å². The number of hydrogen-bond acceptors (Lipinski definition) is 4. The predicted molar refractivity (Wildman–Crippen MR) is 80.7 cm³/mol. The molecule has 1 N–H and O–H groups in total. The molecule has 0 aromatic carbocycles. The molecular weight excluding hydrogens is 260 g/mol. The Kier molecular flexibility index (Phi) is 4.92. The highest BCUT2D eigenvalue weighted by atomic mass is 32.1. The van der Waals surface area contributed by atoms with E-state index in [0.29, 0.717) is 6.04 Å². The van der Waals surface area contributed by atoms with Crippen LogP contribution in [0.5, 0.6) is 0 Å². The first-order valence-corrected chi connectivity index (χ1v) is 8.15. The molecule has 0 fully saturated rings. The lowest BCUT2D eigenvalue weighted by molar-refractivity contribution is 0.542. The molecule has 0 aliphatic rings. The fourth-order valence-electron chi connectivity index (χ4n) is 1.99. The SMILES string of the molecule is CCNC(Cc1ccc(CC)s1)c1csc(C)n1. The highest BCUT2D eigenvalue weighted by Crippen LogP contribution is 2.25. The van der Waals surface area contributed by atoms with Crippen LogP contribution < -0.4 is 5.32 Å². The molecule has 1 unspecified atom stereocenters. The van der Waals surface area contributed by atoms with Gasteiger partial charge in [-0.3, -0.25) is 0 Å². The van der Waals surface area contributed by atoms with Gasteiger partial charge in [0, 0.05) is 21.6 Å². The van der Waals surface area contributed by atoms with Gasteiger partial charge in [0.25, 0.3) is 0 Å². The molecule has 2 nitrogen and oxygen atoms in total. The van der Waals surface area contributed by atoms with E-state index >= 15 is 0 Å². The topological polar surface area (TPSA) is 24.9 Å². The van der Waals surface area contributed by atoms with Crippen molar-refractivity contribution in [1.82, 2.24) is 10.3 Å². The minimum atomic E-state index is 0.350. The molecule has 4 heteroatoms. The number of aryl methyl sites for hydroxylation is 2. The van der Waals surface area contributed by atoms with Crippen LogP contribution in [0.25, 0.3) is 0 Å². The van der Waals surface area contributed by atoms with Crippen LogP contribution in [0.1, 0.15) is 40.3 Å². The Morgan fingerprint density at radius 1 is 1.28 bits per heavy atom. The molecule has 2 heterocycles. The zero-order chi connectivity index (χ0) is 13.0. The van der Waals surface area contributed by atoms with E-state index in [1.165, 1.54) is 15.4 Å². The summed E-state index contributed by atoms with van der Waals surface area (Å²) in [5.41, 5.74) is 1.19. The quantitative estimate of drug-likeness (QED) is 0.866. The Bertz CT molecular complexity index is 487. The first-order valence-electron chi connectivity index (χ1n) is 6.46. The summed E-state index contributed by atoms with van der Waals surface area (Å²) in [6.45, 7) is 7.41. The molecule has 0 saturated heterocycles. The Morgan fingerprint density at radius 3 is 2.61 bits per heavy atom. The lowest BCUT2D eigenvalue weighted by Gasteiger charge is -2.14. The fourth-order valence-corrected chi connectivity index (χ4v) is 3.66. The lowest BCUT2D eigenvalue weighted by Crippen LogP contribution is -2.23. The molecule has 18 heavy (non-hydrogen) atoms. The third-order valence-electron chi connectivity index (χ3n) is 2.92. The van der Waals surface area contributed by atoms with Crippen LogP contribution in [0.2, 0.25) is 0 Å². The van der Waals surface area contributed by atoms with Gasteiger partial charge in [-0.1, -0.05) is 13.8 Å². The largest absolute Gasteiger partial charge is 0.309 e. The number of thiazole rings is 1. The minimum absolute atomic E-state index is 0.350. The summed E-state index contributed by atoms with van der Waals surface area (Å²) in [5, 5.41) is 6.86. The van der Waals surface area contributed by atoms with Crippen LogP contribution in [-0.4, -0.2) is 11.5 Å². The van der Waals surface area contributed by atoms with Crippen molar-refractivity contribution < 1.29 is 0 Å². The second-order valence-corrected chi connectivity index (χ2v) is 6.64. The van der Waals surface area contributed by atoms with Gasteiger partial charge < -0.3 is 5.32 Å². The Morgan fingerprint density at radius 2 is 2.06 bits per heavy atom. The average molecular weight is 280 g/mol. The average Bonchev–Trinajstić information content (AvgIpc) is 2.97. The maximum absolute atomic E-state index is 4.61. The summed E-state index contributed by atoms with van der Waals surface area (Å²) in [7, 11) is 0. The monoisotopic (exact) mass is 280 g/mol. The van der Waals surface area contributed by atoms with E-state index in [1.807, 2.05) is 11.3 Å². The van der Waals surface area contributed by atoms with Gasteiger partial charge in [-0.15, -0.1) is 22.7 Å². The molecule has 0 aliphatic heterocycles. The highest BCUT2D eigenvalue weighted by Gasteiger charge is 2.15. The van der Waals surface area contributed by atoms with Gasteiger partial charge in [0.1, 0.15) is 0 Å². The van der Waals surface area contributed by atoms with E-state index in [-0.39, 0.29) is 0 Å². The van der Waals surface area contributed by atoms with Crippen molar-refractivity contribution in [2.45, 2.75) is 39.7 Å². The molecular formula is C14H20N2S2. The number of nitrogens with one attached hydrogen (secondary N) is 1. The molecule has 0 bridgehead atoms. The first kappa shape index (κ1) is 13.7. The fraction of sp³-hybridized carbons (Fsp3) is 0.500.